The van der Waals surface area contributed by atoms with E-state index < -0.39 is 21.9 Å². The van der Waals surface area contributed by atoms with Crippen molar-refractivity contribution in [1.29, 1.82) is 0 Å². The van der Waals surface area contributed by atoms with Crippen LogP contribution in [0.2, 0.25) is 0 Å². The van der Waals surface area contributed by atoms with Gasteiger partial charge in [0.15, 0.2) is 4.80 Å². The number of amides is 1. The molecule has 3 aromatic carbocycles. The zero-order valence-electron chi connectivity index (χ0n) is 20.3. The fourth-order valence-electron chi connectivity index (χ4n) is 3.66. The van der Waals surface area contributed by atoms with Gasteiger partial charge in [-0.25, -0.2) is 13.2 Å². The predicted molar refractivity (Wildman–Crippen MR) is 144 cm³/mol. The molecule has 0 fully saturated rings. The van der Waals surface area contributed by atoms with E-state index in [2.05, 4.69) is 11.6 Å². The SMILES string of the molecule is C=CCn1c(=NC(=O)c2ccc(S(=O)(=O)N(C)c3ccccc3)cc2)sc2cc(C(=O)OCC)ccc21. The topological polar surface area (TPSA) is 98.0 Å². The van der Waals surface area contributed by atoms with Crippen LogP contribution < -0.4 is 9.11 Å². The lowest BCUT2D eigenvalue weighted by Gasteiger charge is -2.19. The molecule has 37 heavy (non-hydrogen) atoms. The molecule has 0 atom stereocenters. The first kappa shape index (κ1) is 26.1. The molecule has 0 radical (unpaired) electrons. The van der Waals surface area contributed by atoms with Crippen LogP contribution in [0.15, 0.2) is 95.3 Å². The third-order valence-corrected chi connectivity index (χ3v) is 8.42. The lowest BCUT2D eigenvalue weighted by atomic mass is 10.2. The fourth-order valence-corrected chi connectivity index (χ4v) is 5.93. The quantitative estimate of drug-likeness (QED) is 0.242. The second-order valence-electron chi connectivity index (χ2n) is 7.94. The molecule has 190 valence electrons. The van der Waals surface area contributed by atoms with E-state index in [0.29, 0.717) is 22.6 Å². The standard InChI is InChI=1S/C27H25N3O5S2/c1-4-17-30-23-16-13-20(26(32)35-5-2)18-24(23)36-27(30)28-25(31)19-11-14-22(15-12-19)37(33,34)29(3)21-9-7-6-8-10-21/h4,6-16,18H,1,5,17H2,2-3H3. The Kier molecular flexibility index (Phi) is 7.70. The van der Waals surface area contributed by atoms with Crippen molar-refractivity contribution in [3.05, 3.63) is 101 Å². The number of rotatable bonds is 8. The van der Waals surface area contributed by atoms with Gasteiger partial charge < -0.3 is 9.30 Å². The van der Waals surface area contributed by atoms with Gasteiger partial charge in [0.25, 0.3) is 15.9 Å². The minimum absolute atomic E-state index is 0.0606. The number of nitrogens with zero attached hydrogens (tertiary/aromatic N) is 3. The van der Waals surface area contributed by atoms with Gasteiger partial charge in [0, 0.05) is 19.2 Å². The Bertz CT molecular complexity index is 1640. The number of aromatic nitrogens is 1. The number of ether oxygens (including phenoxy) is 1. The van der Waals surface area contributed by atoms with Crippen LogP contribution in [-0.4, -0.2) is 38.5 Å². The third kappa shape index (κ3) is 5.40. The highest BCUT2D eigenvalue weighted by Crippen LogP contribution is 2.23. The van der Waals surface area contributed by atoms with Crippen molar-refractivity contribution in [3.8, 4) is 0 Å². The van der Waals surface area contributed by atoms with Gasteiger partial charge in [-0.3, -0.25) is 9.10 Å². The van der Waals surface area contributed by atoms with E-state index in [4.69, 9.17) is 4.74 Å². The van der Waals surface area contributed by atoms with Crippen LogP contribution in [0.1, 0.15) is 27.6 Å². The largest absolute Gasteiger partial charge is 0.462 e. The molecule has 4 rings (SSSR count). The highest BCUT2D eigenvalue weighted by molar-refractivity contribution is 7.92. The summed E-state index contributed by atoms with van der Waals surface area (Å²) in [6.07, 6.45) is 1.69. The first-order valence-corrected chi connectivity index (χ1v) is 13.7. The average molecular weight is 536 g/mol. The minimum atomic E-state index is -3.80. The van der Waals surface area contributed by atoms with Crippen LogP contribution in [0.3, 0.4) is 0 Å². The maximum Gasteiger partial charge on any atom is 0.338 e. The summed E-state index contributed by atoms with van der Waals surface area (Å²) < 4.78 is 34.9. The number of benzene rings is 3. The smallest absolute Gasteiger partial charge is 0.338 e. The van der Waals surface area contributed by atoms with Gasteiger partial charge in [0.2, 0.25) is 0 Å². The predicted octanol–water partition coefficient (Wildman–Crippen LogP) is 4.63. The van der Waals surface area contributed by atoms with E-state index >= 15 is 0 Å². The number of carbonyl (C=O) groups excluding carboxylic acids is 2. The van der Waals surface area contributed by atoms with Gasteiger partial charge in [0.05, 0.1) is 33.0 Å². The van der Waals surface area contributed by atoms with Crippen LogP contribution >= 0.6 is 11.3 Å². The van der Waals surface area contributed by atoms with Crippen molar-refractivity contribution in [2.24, 2.45) is 4.99 Å². The Morgan fingerprint density at radius 1 is 1.05 bits per heavy atom. The van der Waals surface area contributed by atoms with Crippen LogP contribution in [0.5, 0.6) is 0 Å². The molecule has 1 amide bonds. The van der Waals surface area contributed by atoms with Crippen molar-refractivity contribution < 1.29 is 22.7 Å². The number of esters is 1. The molecule has 0 bridgehead atoms. The van der Waals surface area contributed by atoms with Crippen LogP contribution in [-0.2, 0) is 21.3 Å². The summed E-state index contributed by atoms with van der Waals surface area (Å²) in [5.41, 5.74) is 1.99. The second kappa shape index (κ2) is 10.9. The van der Waals surface area contributed by atoms with E-state index in [0.717, 1.165) is 10.2 Å². The summed E-state index contributed by atoms with van der Waals surface area (Å²) in [6, 6.07) is 19.6. The molecule has 0 spiro atoms. The zero-order valence-corrected chi connectivity index (χ0v) is 22.0. The Morgan fingerprint density at radius 3 is 2.38 bits per heavy atom. The summed E-state index contributed by atoms with van der Waals surface area (Å²) in [4.78, 5) is 29.9. The first-order chi connectivity index (χ1) is 17.8. The van der Waals surface area contributed by atoms with Crippen molar-refractivity contribution in [1.82, 2.24) is 4.57 Å². The molecule has 0 aliphatic heterocycles. The Morgan fingerprint density at radius 2 is 1.73 bits per heavy atom. The van der Waals surface area contributed by atoms with Gasteiger partial charge in [-0.2, -0.15) is 4.99 Å². The Hall–Kier alpha value is -4.02. The van der Waals surface area contributed by atoms with Gasteiger partial charge in [-0.1, -0.05) is 35.6 Å². The van der Waals surface area contributed by atoms with Crippen molar-refractivity contribution >= 4 is 49.1 Å². The van der Waals surface area contributed by atoms with E-state index in [-0.39, 0.29) is 17.1 Å². The van der Waals surface area contributed by atoms with Crippen LogP contribution in [0, 0.1) is 0 Å². The van der Waals surface area contributed by atoms with E-state index in [1.54, 1.807) is 55.5 Å². The minimum Gasteiger partial charge on any atom is -0.462 e. The lowest BCUT2D eigenvalue weighted by molar-refractivity contribution is 0.0526. The molecule has 0 aliphatic carbocycles. The molecule has 4 aromatic rings. The molecule has 10 heteroatoms. The van der Waals surface area contributed by atoms with Crippen LogP contribution in [0.25, 0.3) is 10.2 Å². The number of anilines is 1. The molecule has 1 heterocycles. The third-order valence-electron chi connectivity index (χ3n) is 5.58. The summed E-state index contributed by atoms with van der Waals surface area (Å²) in [5, 5.41) is 0. The summed E-state index contributed by atoms with van der Waals surface area (Å²) in [7, 11) is -2.32. The molecule has 0 N–H and O–H groups in total. The lowest BCUT2D eigenvalue weighted by Crippen LogP contribution is -2.26. The summed E-state index contributed by atoms with van der Waals surface area (Å²) in [6.45, 7) is 6.21. The molecular weight excluding hydrogens is 510 g/mol. The number of hydrogen-bond donors (Lipinski definition) is 0. The van der Waals surface area contributed by atoms with Gasteiger partial charge in [-0.15, -0.1) is 6.58 Å². The monoisotopic (exact) mass is 535 g/mol. The number of fused-ring (bicyclic) bond motifs is 1. The Labute approximate surface area is 218 Å². The van der Waals surface area contributed by atoms with Gasteiger partial charge in [0.1, 0.15) is 0 Å². The number of allylic oxidation sites excluding steroid dienone is 1. The van der Waals surface area contributed by atoms with Crippen molar-refractivity contribution in [2.75, 3.05) is 18.0 Å². The van der Waals surface area contributed by atoms with Crippen molar-refractivity contribution in [2.45, 2.75) is 18.4 Å². The molecule has 0 unspecified atom stereocenters. The maximum absolute atomic E-state index is 13.0. The molecular formula is C27H25N3O5S2. The summed E-state index contributed by atoms with van der Waals surface area (Å²) >= 11 is 1.26. The first-order valence-electron chi connectivity index (χ1n) is 11.4. The molecule has 0 saturated heterocycles. The number of carbonyl (C=O) groups is 2. The second-order valence-corrected chi connectivity index (χ2v) is 10.9. The molecule has 8 nitrogen and oxygen atoms in total. The molecule has 0 aliphatic rings. The normalized spacial score (nSPS) is 11.9. The van der Waals surface area contributed by atoms with E-state index in [9.17, 15) is 18.0 Å². The zero-order chi connectivity index (χ0) is 26.6. The molecule has 1 aromatic heterocycles. The summed E-state index contributed by atoms with van der Waals surface area (Å²) in [5.74, 6) is -0.939. The Balaban J connectivity index is 1.66. The van der Waals surface area contributed by atoms with E-state index in [1.165, 1.54) is 47.0 Å². The van der Waals surface area contributed by atoms with E-state index in [1.807, 2.05) is 10.6 Å². The molecule has 0 saturated carbocycles. The maximum atomic E-state index is 13.0. The van der Waals surface area contributed by atoms with Crippen LogP contribution in [0.4, 0.5) is 5.69 Å². The number of para-hydroxylation sites is 1. The highest BCUT2D eigenvalue weighted by Gasteiger charge is 2.21. The number of hydrogen-bond acceptors (Lipinski definition) is 6. The van der Waals surface area contributed by atoms with Crippen molar-refractivity contribution in [3.63, 3.8) is 0 Å². The average Bonchev–Trinajstić information content (AvgIpc) is 3.25. The van der Waals surface area contributed by atoms with Gasteiger partial charge in [-0.05, 0) is 61.5 Å². The fraction of sp³-hybridized carbons (Fsp3) is 0.148. The highest BCUT2D eigenvalue weighted by atomic mass is 32.2. The number of sulfonamides is 1. The number of thiazole rings is 1. The van der Waals surface area contributed by atoms with Gasteiger partial charge >= 0.3 is 5.97 Å².